The quantitative estimate of drug-likeness (QED) is 0.631. The Balaban J connectivity index is 2.97. The standard InChI is InChI=1S/C11H15NO2S/c1-4-12-15-10-7-8(2)5-6-9(10)11(13)14-3/h5-7,12H,4H2,1-3H3. The van der Waals surface area contributed by atoms with Crippen LogP contribution >= 0.6 is 11.9 Å². The number of carbonyl (C=O) groups is 1. The molecular formula is C11H15NO2S. The van der Waals surface area contributed by atoms with Gasteiger partial charge in [0, 0.05) is 11.4 Å². The van der Waals surface area contributed by atoms with E-state index in [4.69, 9.17) is 4.74 Å². The van der Waals surface area contributed by atoms with E-state index in [0.717, 1.165) is 17.0 Å². The summed E-state index contributed by atoms with van der Waals surface area (Å²) in [4.78, 5) is 12.4. The molecule has 0 saturated carbocycles. The lowest BCUT2D eigenvalue weighted by atomic mass is 10.1. The van der Waals surface area contributed by atoms with Crippen LogP contribution in [0.3, 0.4) is 0 Å². The number of nitrogens with one attached hydrogen (secondary N) is 1. The normalized spacial score (nSPS) is 10.1. The number of benzene rings is 1. The van der Waals surface area contributed by atoms with E-state index in [-0.39, 0.29) is 5.97 Å². The van der Waals surface area contributed by atoms with Crippen LogP contribution in [-0.2, 0) is 4.74 Å². The zero-order chi connectivity index (χ0) is 11.3. The molecule has 0 amide bonds. The second kappa shape index (κ2) is 5.78. The lowest BCUT2D eigenvalue weighted by molar-refractivity contribution is 0.0597. The first kappa shape index (κ1) is 12.1. The van der Waals surface area contributed by atoms with E-state index in [1.807, 2.05) is 26.0 Å². The van der Waals surface area contributed by atoms with Gasteiger partial charge < -0.3 is 4.74 Å². The summed E-state index contributed by atoms with van der Waals surface area (Å²) in [5.74, 6) is -0.296. The van der Waals surface area contributed by atoms with Gasteiger partial charge in [-0.15, -0.1) is 0 Å². The molecule has 0 spiro atoms. The molecule has 4 heteroatoms. The van der Waals surface area contributed by atoms with Gasteiger partial charge in [0.15, 0.2) is 0 Å². The highest BCUT2D eigenvalue weighted by molar-refractivity contribution is 7.97. The molecule has 0 heterocycles. The molecule has 1 aromatic rings. The van der Waals surface area contributed by atoms with Gasteiger partial charge in [-0.25, -0.2) is 4.79 Å². The van der Waals surface area contributed by atoms with Crippen molar-refractivity contribution in [2.24, 2.45) is 0 Å². The van der Waals surface area contributed by atoms with Crippen molar-refractivity contribution in [1.82, 2.24) is 4.72 Å². The lowest BCUT2D eigenvalue weighted by Gasteiger charge is -2.08. The van der Waals surface area contributed by atoms with Crippen molar-refractivity contribution in [3.63, 3.8) is 0 Å². The predicted molar refractivity (Wildman–Crippen MR) is 62.1 cm³/mol. The minimum absolute atomic E-state index is 0.296. The molecule has 0 aromatic heterocycles. The Morgan fingerprint density at radius 1 is 1.53 bits per heavy atom. The number of carbonyl (C=O) groups excluding carboxylic acids is 1. The number of ether oxygens (including phenoxy) is 1. The molecule has 1 rings (SSSR count). The largest absolute Gasteiger partial charge is 0.465 e. The van der Waals surface area contributed by atoms with Crippen LogP contribution in [0.2, 0.25) is 0 Å². The first-order chi connectivity index (χ1) is 7.19. The van der Waals surface area contributed by atoms with Crippen LogP contribution in [0.1, 0.15) is 22.8 Å². The highest BCUT2D eigenvalue weighted by Gasteiger charge is 2.11. The van der Waals surface area contributed by atoms with Crippen molar-refractivity contribution in [1.29, 1.82) is 0 Å². The van der Waals surface area contributed by atoms with Gasteiger partial charge in [0.1, 0.15) is 0 Å². The van der Waals surface area contributed by atoms with Gasteiger partial charge in [-0.1, -0.05) is 13.0 Å². The molecule has 3 nitrogen and oxygen atoms in total. The third-order valence-corrected chi connectivity index (χ3v) is 2.86. The van der Waals surface area contributed by atoms with E-state index >= 15 is 0 Å². The highest BCUT2D eigenvalue weighted by atomic mass is 32.2. The molecule has 0 unspecified atom stereocenters. The maximum Gasteiger partial charge on any atom is 0.339 e. The fourth-order valence-corrected chi connectivity index (χ4v) is 1.95. The first-order valence-corrected chi connectivity index (χ1v) is 5.59. The Bertz CT molecular complexity index is 352. The van der Waals surface area contributed by atoms with Crippen molar-refractivity contribution in [2.45, 2.75) is 18.7 Å². The van der Waals surface area contributed by atoms with Gasteiger partial charge >= 0.3 is 5.97 Å². The van der Waals surface area contributed by atoms with E-state index in [2.05, 4.69) is 4.72 Å². The molecule has 0 atom stereocenters. The smallest absolute Gasteiger partial charge is 0.339 e. The van der Waals surface area contributed by atoms with Crippen LogP contribution in [0.15, 0.2) is 23.1 Å². The molecule has 1 N–H and O–H groups in total. The van der Waals surface area contributed by atoms with Crippen molar-refractivity contribution >= 4 is 17.9 Å². The number of aryl methyl sites for hydroxylation is 1. The molecule has 15 heavy (non-hydrogen) atoms. The summed E-state index contributed by atoms with van der Waals surface area (Å²) >= 11 is 1.45. The molecule has 0 aliphatic carbocycles. The lowest BCUT2D eigenvalue weighted by Crippen LogP contribution is -2.07. The number of rotatable bonds is 4. The van der Waals surface area contributed by atoms with Crippen molar-refractivity contribution in [3.05, 3.63) is 29.3 Å². The van der Waals surface area contributed by atoms with Gasteiger partial charge in [-0.05, 0) is 36.6 Å². The molecule has 0 aliphatic rings. The Labute approximate surface area is 94.3 Å². The topological polar surface area (TPSA) is 38.3 Å². The van der Waals surface area contributed by atoms with Crippen LogP contribution in [0.25, 0.3) is 0 Å². The summed E-state index contributed by atoms with van der Waals surface area (Å²) in [6.45, 7) is 4.86. The van der Waals surface area contributed by atoms with Crippen LogP contribution in [0.5, 0.6) is 0 Å². The average Bonchev–Trinajstić information content (AvgIpc) is 2.25. The number of hydrogen-bond donors (Lipinski definition) is 1. The fourth-order valence-electron chi connectivity index (χ4n) is 1.14. The fraction of sp³-hybridized carbons (Fsp3) is 0.364. The van der Waals surface area contributed by atoms with Gasteiger partial charge in [0.2, 0.25) is 0 Å². The van der Waals surface area contributed by atoms with Gasteiger partial charge in [0.25, 0.3) is 0 Å². The summed E-state index contributed by atoms with van der Waals surface area (Å²) in [5, 5.41) is 0. The minimum atomic E-state index is -0.296. The predicted octanol–water partition coefficient (Wildman–Crippen LogP) is 2.40. The van der Waals surface area contributed by atoms with Crippen LogP contribution < -0.4 is 4.72 Å². The molecule has 82 valence electrons. The summed E-state index contributed by atoms with van der Waals surface area (Å²) < 4.78 is 7.84. The maximum absolute atomic E-state index is 11.4. The second-order valence-electron chi connectivity index (χ2n) is 3.09. The van der Waals surface area contributed by atoms with E-state index < -0.39 is 0 Å². The Morgan fingerprint density at radius 3 is 2.87 bits per heavy atom. The first-order valence-electron chi connectivity index (χ1n) is 4.77. The zero-order valence-corrected chi connectivity index (χ0v) is 9.98. The second-order valence-corrected chi connectivity index (χ2v) is 4.02. The van der Waals surface area contributed by atoms with Crippen LogP contribution in [-0.4, -0.2) is 19.6 Å². The Hall–Kier alpha value is -1.00. The van der Waals surface area contributed by atoms with Gasteiger partial charge in [-0.3, -0.25) is 4.72 Å². The summed E-state index contributed by atoms with van der Waals surface area (Å²) in [7, 11) is 1.39. The van der Waals surface area contributed by atoms with Crippen LogP contribution in [0, 0.1) is 6.92 Å². The van der Waals surface area contributed by atoms with E-state index in [1.165, 1.54) is 19.1 Å². The highest BCUT2D eigenvalue weighted by Crippen LogP contribution is 2.22. The number of esters is 1. The SMILES string of the molecule is CCNSc1cc(C)ccc1C(=O)OC. The van der Waals surface area contributed by atoms with Crippen molar-refractivity contribution < 1.29 is 9.53 Å². The summed E-state index contributed by atoms with van der Waals surface area (Å²) in [5.41, 5.74) is 1.73. The number of methoxy groups -OCH3 is 1. The molecule has 0 saturated heterocycles. The molecule has 1 aromatic carbocycles. The maximum atomic E-state index is 11.4. The van der Waals surface area contributed by atoms with Gasteiger partial charge in [0.05, 0.1) is 12.7 Å². The van der Waals surface area contributed by atoms with E-state index in [0.29, 0.717) is 5.56 Å². The third-order valence-electron chi connectivity index (χ3n) is 1.87. The number of hydrogen-bond acceptors (Lipinski definition) is 4. The Morgan fingerprint density at radius 2 is 2.27 bits per heavy atom. The molecule has 0 radical (unpaired) electrons. The molecular weight excluding hydrogens is 210 g/mol. The average molecular weight is 225 g/mol. The monoisotopic (exact) mass is 225 g/mol. The van der Waals surface area contributed by atoms with E-state index in [9.17, 15) is 4.79 Å². The van der Waals surface area contributed by atoms with Crippen LogP contribution in [0.4, 0.5) is 0 Å². The Kier molecular flexibility index (Phi) is 4.65. The van der Waals surface area contributed by atoms with Gasteiger partial charge in [-0.2, -0.15) is 0 Å². The molecule has 0 aliphatic heterocycles. The minimum Gasteiger partial charge on any atom is -0.465 e. The molecule has 0 bridgehead atoms. The van der Waals surface area contributed by atoms with Crippen molar-refractivity contribution in [2.75, 3.05) is 13.7 Å². The van der Waals surface area contributed by atoms with Crippen molar-refractivity contribution in [3.8, 4) is 0 Å². The summed E-state index contributed by atoms with van der Waals surface area (Å²) in [6, 6.07) is 5.67. The zero-order valence-electron chi connectivity index (χ0n) is 9.16. The third kappa shape index (κ3) is 3.25. The van der Waals surface area contributed by atoms with E-state index in [1.54, 1.807) is 6.07 Å². The molecule has 0 fully saturated rings. The summed E-state index contributed by atoms with van der Waals surface area (Å²) in [6.07, 6.45) is 0.